The first-order chi connectivity index (χ1) is 14.5. The Kier molecular flexibility index (Phi) is 5.53. The lowest BCUT2D eigenvalue weighted by molar-refractivity contribution is -0.123. The van der Waals surface area contributed by atoms with Crippen LogP contribution in [0.25, 0.3) is 15.5 Å². The lowest BCUT2D eigenvalue weighted by Crippen LogP contribution is -2.29. The van der Waals surface area contributed by atoms with Crippen LogP contribution in [0, 0.1) is 12.7 Å². The zero-order valence-corrected chi connectivity index (χ0v) is 16.8. The summed E-state index contributed by atoms with van der Waals surface area (Å²) in [7, 11) is 0. The van der Waals surface area contributed by atoms with Crippen molar-refractivity contribution >= 4 is 22.2 Å². The van der Waals surface area contributed by atoms with E-state index in [1.165, 1.54) is 40.1 Å². The Balaban J connectivity index is 1.44. The van der Waals surface area contributed by atoms with Crippen molar-refractivity contribution in [2.45, 2.75) is 13.5 Å². The summed E-state index contributed by atoms with van der Waals surface area (Å²) in [5, 5.41) is 7.63. The van der Waals surface area contributed by atoms with E-state index in [1.807, 2.05) is 31.2 Å². The second kappa shape index (κ2) is 8.42. The van der Waals surface area contributed by atoms with Gasteiger partial charge in [-0.25, -0.2) is 9.37 Å². The molecule has 9 heteroatoms. The number of carbonyl (C=O) groups is 1. The van der Waals surface area contributed by atoms with Crippen molar-refractivity contribution in [1.82, 2.24) is 19.9 Å². The highest BCUT2D eigenvalue weighted by Gasteiger charge is 2.12. The van der Waals surface area contributed by atoms with Gasteiger partial charge in [-0.3, -0.25) is 9.59 Å². The number of nitrogens with one attached hydrogen (secondary N) is 1. The molecule has 2 aromatic heterocycles. The van der Waals surface area contributed by atoms with Crippen molar-refractivity contribution in [3.05, 3.63) is 82.0 Å². The zero-order chi connectivity index (χ0) is 21.1. The Bertz CT molecular complexity index is 1270. The van der Waals surface area contributed by atoms with E-state index in [0.717, 1.165) is 11.1 Å². The fourth-order valence-corrected chi connectivity index (χ4v) is 3.63. The van der Waals surface area contributed by atoms with Gasteiger partial charge in [0.15, 0.2) is 18.2 Å². The van der Waals surface area contributed by atoms with E-state index >= 15 is 0 Å². The molecule has 0 saturated heterocycles. The Labute approximate surface area is 174 Å². The second-order valence-corrected chi connectivity index (χ2v) is 7.51. The van der Waals surface area contributed by atoms with E-state index in [9.17, 15) is 14.0 Å². The highest BCUT2D eigenvalue weighted by atomic mass is 32.1. The van der Waals surface area contributed by atoms with Crippen LogP contribution in [0.5, 0.6) is 5.75 Å². The summed E-state index contributed by atoms with van der Waals surface area (Å²) < 4.78 is 19.9. The number of aromatic nitrogens is 3. The van der Waals surface area contributed by atoms with Crippen molar-refractivity contribution in [2.75, 3.05) is 6.61 Å². The summed E-state index contributed by atoms with van der Waals surface area (Å²) in [4.78, 5) is 29.2. The van der Waals surface area contributed by atoms with Crippen LogP contribution < -0.4 is 15.6 Å². The molecule has 0 aliphatic carbocycles. The second-order valence-electron chi connectivity index (χ2n) is 6.55. The Morgan fingerprint density at radius 2 is 1.97 bits per heavy atom. The number of hydrogen-bond acceptors (Lipinski definition) is 6. The first-order valence-electron chi connectivity index (χ1n) is 9.10. The molecule has 0 fully saturated rings. The molecule has 4 aromatic rings. The molecule has 1 amide bonds. The van der Waals surface area contributed by atoms with Crippen molar-refractivity contribution in [3.63, 3.8) is 0 Å². The van der Waals surface area contributed by atoms with Gasteiger partial charge in [0.1, 0.15) is 5.01 Å². The molecule has 2 aromatic carbocycles. The number of benzene rings is 2. The van der Waals surface area contributed by atoms with Gasteiger partial charge in [0, 0.05) is 11.6 Å². The molecule has 4 rings (SSSR count). The lowest BCUT2D eigenvalue weighted by Gasteiger charge is -2.07. The Morgan fingerprint density at radius 3 is 2.73 bits per heavy atom. The predicted octanol–water partition coefficient (Wildman–Crippen LogP) is 2.96. The molecular weight excluding hydrogens is 407 g/mol. The average molecular weight is 424 g/mol. The van der Waals surface area contributed by atoms with E-state index in [-0.39, 0.29) is 24.5 Å². The highest BCUT2D eigenvalue weighted by Crippen LogP contribution is 2.24. The van der Waals surface area contributed by atoms with Gasteiger partial charge < -0.3 is 10.1 Å². The third kappa shape index (κ3) is 4.36. The largest absolute Gasteiger partial charge is 0.481 e. The summed E-state index contributed by atoms with van der Waals surface area (Å²) in [6.07, 6.45) is 0. The third-order valence-electron chi connectivity index (χ3n) is 4.26. The quantitative estimate of drug-likeness (QED) is 0.514. The number of amides is 1. The van der Waals surface area contributed by atoms with E-state index in [0.29, 0.717) is 15.7 Å². The van der Waals surface area contributed by atoms with Gasteiger partial charge in [-0.1, -0.05) is 53.3 Å². The van der Waals surface area contributed by atoms with Crippen molar-refractivity contribution in [3.8, 4) is 16.3 Å². The number of carbonyl (C=O) groups excluding carboxylic acids is 1. The fourth-order valence-electron chi connectivity index (χ4n) is 2.70. The van der Waals surface area contributed by atoms with Gasteiger partial charge in [0.25, 0.3) is 11.5 Å². The molecule has 0 radical (unpaired) electrons. The van der Waals surface area contributed by atoms with E-state index < -0.39 is 11.7 Å². The first-order valence-corrected chi connectivity index (χ1v) is 9.92. The number of nitrogens with zero attached hydrogens (tertiary/aromatic N) is 3. The maximum absolute atomic E-state index is 13.5. The van der Waals surface area contributed by atoms with Crippen LogP contribution in [-0.4, -0.2) is 27.1 Å². The molecular formula is C21H17FN4O3S. The summed E-state index contributed by atoms with van der Waals surface area (Å²) in [6, 6.07) is 15.0. The molecule has 0 aliphatic heterocycles. The summed E-state index contributed by atoms with van der Waals surface area (Å²) in [5.41, 5.74) is 2.10. The standard InChI is InChI=1S/C21H17FN4O3S/c1-13-6-8-14(9-7-13)20-25-26-19(28)10-15(24-21(26)30-20)11-23-18(27)12-29-17-5-3-2-4-16(17)22/h2-10H,11-12H2,1H3,(H,23,27). The van der Waals surface area contributed by atoms with Crippen LogP contribution in [0.2, 0.25) is 0 Å². The summed E-state index contributed by atoms with van der Waals surface area (Å²) in [5.74, 6) is -0.997. The third-order valence-corrected chi connectivity index (χ3v) is 5.22. The zero-order valence-electron chi connectivity index (χ0n) is 16.0. The van der Waals surface area contributed by atoms with Gasteiger partial charge >= 0.3 is 0 Å². The molecule has 0 atom stereocenters. The minimum atomic E-state index is -0.542. The normalized spacial score (nSPS) is 10.9. The van der Waals surface area contributed by atoms with Crippen molar-refractivity contribution < 1.29 is 13.9 Å². The molecule has 152 valence electrons. The number of halogens is 1. The molecule has 7 nitrogen and oxygen atoms in total. The van der Waals surface area contributed by atoms with E-state index in [4.69, 9.17) is 4.74 Å². The molecule has 0 aliphatic rings. The Morgan fingerprint density at radius 1 is 1.20 bits per heavy atom. The topological polar surface area (TPSA) is 85.6 Å². The minimum absolute atomic E-state index is 0.00117. The molecule has 0 bridgehead atoms. The maximum Gasteiger partial charge on any atom is 0.275 e. The highest BCUT2D eigenvalue weighted by molar-refractivity contribution is 7.19. The van der Waals surface area contributed by atoms with Crippen LogP contribution in [0.1, 0.15) is 11.3 Å². The van der Waals surface area contributed by atoms with Crippen LogP contribution in [0.3, 0.4) is 0 Å². The van der Waals surface area contributed by atoms with E-state index in [2.05, 4.69) is 15.4 Å². The monoisotopic (exact) mass is 424 g/mol. The van der Waals surface area contributed by atoms with Gasteiger partial charge in [0.05, 0.1) is 12.2 Å². The smallest absolute Gasteiger partial charge is 0.275 e. The van der Waals surface area contributed by atoms with Crippen molar-refractivity contribution in [2.24, 2.45) is 0 Å². The van der Waals surface area contributed by atoms with Gasteiger partial charge in [-0.2, -0.15) is 9.61 Å². The minimum Gasteiger partial charge on any atom is -0.481 e. The summed E-state index contributed by atoms with van der Waals surface area (Å²) >= 11 is 1.29. The molecule has 0 saturated carbocycles. The number of fused-ring (bicyclic) bond motifs is 1. The molecule has 1 N–H and O–H groups in total. The van der Waals surface area contributed by atoms with Crippen LogP contribution in [0.15, 0.2) is 59.4 Å². The van der Waals surface area contributed by atoms with Crippen molar-refractivity contribution in [1.29, 1.82) is 0 Å². The van der Waals surface area contributed by atoms with Crippen LogP contribution in [0.4, 0.5) is 4.39 Å². The molecule has 30 heavy (non-hydrogen) atoms. The number of para-hydroxylation sites is 1. The maximum atomic E-state index is 13.5. The van der Waals surface area contributed by atoms with Crippen LogP contribution >= 0.6 is 11.3 Å². The van der Waals surface area contributed by atoms with Gasteiger partial charge in [0.2, 0.25) is 4.96 Å². The molecule has 0 spiro atoms. The van der Waals surface area contributed by atoms with Crippen LogP contribution in [-0.2, 0) is 11.3 Å². The first kappa shape index (κ1) is 19.7. The number of ether oxygens (including phenoxy) is 1. The SMILES string of the molecule is Cc1ccc(-c2nn3c(=O)cc(CNC(=O)COc4ccccc4F)nc3s2)cc1. The fraction of sp³-hybridized carbons (Fsp3) is 0.143. The van der Waals surface area contributed by atoms with Gasteiger partial charge in [-0.15, -0.1) is 0 Å². The molecule has 0 unspecified atom stereocenters. The number of rotatable bonds is 6. The predicted molar refractivity (Wildman–Crippen MR) is 111 cm³/mol. The molecule has 2 heterocycles. The Hall–Kier alpha value is -3.59. The van der Waals surface area contributed by atoms with Gasteiger partial charge in [-0.05, 0) is 19.1 Å². The number of hydrogen-bond donors (Lipinski definition) is 1. The van der Waals surface area contributed by atoms with E-state index in [1.54, 1.807) is 6.07 Å². The lowest BCUT2D eigenvalue weighted by atomic mass is 10.2. The average Bonchev–Trinajstić information content (AvgIpc) is 3.17. The number of aryl methyl sites for hydroxylation is 1. The summed E-state index contributed by atoms with van der Waals surface area (Å²) in [6.45, 7) is 1.69.